The normalized spacial score (nSPS) is 11.2. The second kappa shape index (κ2) is 7.97. The Bertz CT molecular complexity index is 1040. The zero-order chi connectivity index (χ0) is 18.6. The number of benzene rings is 2. The summed E-state index contributed by atoms with van der Waals surface area (Å²) in [6, 6.07) is 17.5. The van der Waals surface area contributed by atoms with E-state index in [9.17, 15) is 4.39 Å². The molecule has 0 fully saturated rings. The molecule has 0 spiro atoms. The van der Waals surface area contributed by atoms with Crippen molar-refractivity contribution in [2.75, 3.05) is 0 Å². The van der Waals surface area contributed by atoms with Crippen LogP contribution in [0.3, 0.4) is 0 Å². The van der Waals surface area contributed by atoms with Gasteiger partial charge in [0.15, 0.2) is 18.9 Å². The molecular formula is C23H22FN2S+. The van der Waals surface area contributed by atoms with Crippen LogP contribution in [0.1, 0.15) is 28.1 Å². The van der Waals surface area contributed by atoms with Crippen molar-refractivity contribution < 1.29 is 8.96 Å². The van der Waals surface area contributed by atoms with Gasteiger partial charge < -0.3 is 0 Å². The van der Waals surface area contributed by atoms with Crippen LogP contribution in [0.15, 0.2) is 67.0 Å². The smallest absolute Gasteiger partial charge is 0.173 e. The van der Waals surface area contributed by atoms with Crippen LogP contribution in [0.4, 0.5) is 4.39 Å². The van der Waals surface area contributed by atoms with Crippen LogP contribution in [0.5, 0.6) is 0 Å². The van der Waals surface area contributed by atoms with E-state index in [0.29, 0.717) is 0 Å². The van der Waals surface area contributed by atoms with E-state index in [-0.39, 0.29) is 5.82 Å². The van der Waals surface area contributed by atoms with Gasteiger partial charge in [-0.3, -0.25) is 0 Å². The number of hydrogen-bond acceptors (Lipinski definition) is 2. The topological polar surface area (TPSA) is 16.8 Å². The monoisotopic (exact) mass is 377 g/mol. The molecule has 0 atom stereocenters. The minimum Gasteiger partial charge on any atom is -0.241 e. The first-order valence-electron chi connectivity index (χ1n) is 9.24. The average molecular weight is 378 g/mol. The fourth-order valence-corrected chi connectivity index (χ4v) is 4.30. The predicted octanol–water partition coefficient (Wildman–Crippen LogP) is 5.25. The molecule has 2 aromatic carbocycles. The Morgan fingerprint density at radius 3 is 2.48 bits per heavy atom. The molecule has 0 saturated heterocycles. The Hall–Kier alpha value is -2.59. The van der Waals surface area contributed by atoms with E-state index in [4.69, 9.17) is 4.98 Å². The molecule has 2 nitrogen and oxygen atoms in total. The Balaban J connectivity index is 1.32. The third kappa shape index (κ3) is 4.58. The summed E-state index contributed by atoms with van der Waals surface area (Å²) in [4.78, 5) is 4.74. The van der Waals surface area contributed by atoms with Crippen molar-refractivity contribution in [3.63, 3.8) is 0 Å². The number of aryl methyl sites for hydroxylation is 3. The average Bonchev–Trinajstić information content (AvgIpc) is 3.07. The summed E-state index contributed by atoms with van der Waals surface area (Å²) in [7, 11) is 0. The van der Waals surface area contributed by atoms with Crippen molar-refractivity contribution in [3.05, 3.63) is 94.5 Å². The first kappa shape index (κ1) is 17.8. The SMILES string of the molecule is Cc1ccc2nc(CCCc3cc[n+](Cc4ccc(F)cc4)cc3)sc2c1. The first-order valence-corrected chi connectivity index (χ1v) is 10.1. The zero-order valence-corrected chi connectivity index (χ0v) is 16.2. The molecule has 0 N–H and O–H groups in total. The van der Waals surface area contributed by atoms with Gasteiger partial charge in [-0.25, -0.2) is 13.9 Å². The summed E-state index contributed by atoms with van der Waals surface area (Å²) >= 11 is 1.81. The number of hydrogen-bond donors (Lipinski definition) is 0. The molecule has 136 valence electrons. The molecule has 0 amide bonds. The molecule has 4 heteroatoms. The highest BCUT2D eigenvalue weighted by Crippen LogP contribution is 2.24. The van der Waals surface area contributed by atoms with E-state index < -0.39 is 0 Å². The van der Waals surface area contributed by atoms with Gasteiger partial charge in [0.05, 0.1) is 15.2 Å². The molecule has 2 heterocycles. The highest BCUT2D eigenvalue weighted by atomic mass is 32.1. The predicted molar refractivity (Wildman–Crippen MR) is 109 cm³/mol. The second-order valence-corrected chi connectivity index (χ2v) is 8.05. The number of pyridine rings is 1. The molecule has 4 aromatic rings. The lowest BCUT2D eigenvalue weighted by atomic mass is 10.1. The maximum Gasteiger partial charge on any atom is 0.173 e. The van der Waals surface area contributed by atoms with E-state index in [0.717, 1.165) is 36.9 Å². The van der Waals surface area contributed by atoms with E-state index in [2.05, 4.69) is 54.2 Å². The summed E-state index contributed by atoms with van der Waals surface area (Å²) in [5, 5.41) is 1.22. The van der Waals surface area contributed by atoms with Gasteiger partial charge >= 0.3 is 0 Å². The lowest BCUT2D eigenvalue weighted by Crippen LogP contribution is -2.33. The fourth-order valence-electron chi connectivity index (χ4n) is 3.19. The number of thiazole rings is 1. The van der Waals surface area contributed by atoms with Gasteiger partial charge in [-0.1, -0.05) is 6.07 Å². The minimum atomic E-state index is -0.192. The van der Waals surface area contributed by atoms with E-state index in [1.807, 2.05) is 23.5 Å². The van der Waals surface area contributed by atoms with Crippen molar-refractivity contribution in [1.82, 2.24) is 4.98 Å². The van der Waals surface area contributed by atoms with E-state index in [1.165, 1.54) is 33.0 Å². The molecule has 0 aliphatic rings. The van der Waals surface area contributed by atoms with Crippen molar-refractivity contribution in [3.8, 4) is 0 Å². The molecular weight excluding hydrogens is 355 g/mol. The minimum absolute atomic E-state index is 0.192. The van der Waals surface area contributed by atoms with Crippen LogP contribution >= 0.6 is 11.3 Å². The highest BCUT2D eigenvalue weighted by molar-refractivity contribution is 7.18. The second-order valence-electron chi connectivity index (χ2n) is 6.94. The number of halogens is 1. The number of rotatable bonds is 6. The van der Waals surface area contributed by atoms with Crippen LogP contribution in [0.2, 0.25) is 0 Å². The van der Waals surface area contributed by atoms with Crippen molar-refractivity contribution in [2.45, 2.75) is 32.7 Å². The molecule has 4 rings (SSSR count). The number of nitrogens with zero attached hydrogens (tertiary/aromatic N) is 2. The maximum absolute atomic E-state index is 13.0. The van der Waals surface area contributed by atoms with Crippen LogP contribution in [0.25, 0.3) is 10.2 Å². The Morgan fingerprint density at radius 1 is 0.926 bits per heavy atom. The molecule has 0 unspecified atom stereocenters. The van der Waals surface area contributed by atoms with Gasteiger partial charge in [-0.2, -0.15) is 0 Å². The summed E-state index contributed by atoms with van der Waals surface area (Å²) in [5.41, 5.74) is 4.83. The quantitative estimate of drug-likeness (QED) is 0.419. The zero-order valence-electron chi connectivity index (χ0n) is 15.4. The molecule has 0 radical (unpaired) electrons. The third-order valence-electron chi connectivity index (χ3n) is 4.68. The fraction of sp³-hybridized carbons (Fsp3) is 0.217. The lowest BCUT2D eigenvalue weighted by Gasteiger charge is -2.01. The molecule has 2 aromatic heterocycles. The van der Waals surface area contributed by atoms with E-state index in [1.54, 1.807) is 0 Å². The van der Waals surface area contributed by atoms with Crippen molar-refractivity contribution >= 4 is 21.6 Å². The Labute approximate surface area is 163 Å². The Kier molecular flexibility index (Phi) is 5.26. The first-order chi connectivity index (χ1) is 13.2. The maximum atomic E-state index is 13.0. The number of fused-ring (bicyclic) bond motifs is 1. The van der Waals surface area contributed by atoms with Gasteiger partial charge in [0.1, 0.15) is 5.82 Å². The van der Waals surface area contributed by atoms with Crippen molar-refractivity contribution in [1.29, 1.82) is 0 Å². The van der Waals surface area contributed by atoms with E-state index >= 15 is 0 Å². The van der Waals surface area contributed by atoms with Crippen LogP contribution in [0, 0.1) is 12.7 Å². The van der Waals surface area contributed by atoms with Gasteiger partial charge in [0.25, 0.3) is 0 Å². The third-order valence-corrected chi connectivity index (χ3v) is 5.76. The molecule has 0 aliphatic carbocycles. The van der Waals surface area contributed by atoms with Crippen LogP contribution in [-0.2, 0) is 19.4 Å². The summed E-state index contributed by atoms with van der Waals surface area (Å²) in [6.07, 6.45) is 7.36. The molecule has 27 heavy (non-hydrogen) atoms. The van der Waals surface area contributed by atoms with Gasteiger partial charge in [-0.15, -0.1) is 11.3 Å². The summed E-state index contributed by atoms with van der Waals surface area (Å²) in [5.74, 6) is -0.192. The van der Waals surface area contributed by atoms with Gasteiger partial charge in [-0.05, 0) is 73.7 Å². The lowest BCUT2D eigenvalue weighted by molar-refractivity contribution is -0.688. The molecule has 0 bridgehead atoms. The largest absolute Gasteiger partial charge is 0.241 e. The molecule has 0 saturated carbocycles. The van der Waals surface area contributed by atoms with Gasteiger partial charge in [0, 0.05) is 17.7 Å². The summed E-state index contributed by atoms with van der Waals surface area (Å²) in [6.45, 7) is 2.88. The molecule has 0 aliphatic heterocycles. The number of aromatic nitrogens is 2. The van der Waals surface area contributed by atoms with Crippen LogP contribution in [-0.4, -0.2) is 4.98 Å². The summed E-state index contributed by atoms with van der Waals surface area (Å²) < 4.78 is 16.4. The standard InChI is InChI=1S/C23H22FN2S/c1-17-5-10-21-22(15-17)27-23(25-21)4-2-3-18-11-13-26(14-12-18)16-19-6-8-20(24)9-7-19/h5-15H,2-4,16H2,1H3/q+1. The van der Waals surface area contributed by atoms with Crippen molar-refractivity contribution in [2.24, 2.45) is 0 Å². The Morgan fingerprint density at radius 2 is 1.70 bits per heavy atom. The van der Waals surface area contributed by atoms with Gasteiger partial charge in [0.2, 0.25) is 0 Å². The van der Waals surface area contributed by atoms with Crippen LogP contribution < -0.4 is 4.57 Å². The highest BCUT2D eigenvalue weighted by Gasteiger charge is 2.06.